The zero-order valence-corrected chi connectivity index (χ0v) is 13.5. The van der Waals surface area contributed by atoms with Gasteiger partial charge in [-0.15, -0.1) is 0 Å². The highest BCUT2D eigenvalue weighted by Crippen LogP contribution is 2.32. The fourth-order valence-electron chi connectivity index (χ4n) is 2.70. The number of amides is 1. The summed E-state index contributed by atoms with van der Waals surface area (Å²) in [6.45, 7) is 10.1. The Morgan fingerprint density at radius 2 is 1.95 bits per heavy atom. The van der Waals surface area contributed by atoms with E-state index < -0.39 is 18.1 Å². The predicted octanol–water partition coefficient (Wildman–Crippen LogP) is 1.52. The summed E-state index contributed by atoms with van der Waals surface area (Å²) in [5, 5.41) is 12.3. The number of carbonyl (C=O) groups is 2. The lowest BCUT2D eigenvalue weighted by Crippen LogP contribution is -2.55. The van der Waals surface area contributed by atoms with Gasteiger partial charge in [0, 0.05) is 6.54 Å². The molecule has 0 bridgehead atoms. The van der Waals surface area contributed by atoms with Crippen LogP contribution in [0, 0.1) is 17.3 Å². The Labute approximate surface area is 125 Å². The minimum absolute atomic E-state index is 0.0513. The van der Waals surface area contributed by atoms with Crippen LogP contribution in [0.3, 0.4) is 0 Å². The Morgan fingerprint density at radius 1 is 1.40 bits per heavy atom. The Bertz CT molecular complexity index is 406. The van der Waals surface area contributed by atoms with Crippen molar-refractivity contribution in [2.24, 2.45) is 17.3 Å². The van der Waals surface area contributed by atoms with Crippen LogP contribution < -0.4 is 5.32 Å². The maximum Gasteiger partial charge on any atom is 0.326 e. The highest BCUT2D eigenvalue weighted by atomic mass is 32.1. The van der Waals surface area contributed by atoms with E-state index in [1.807, 2.05) is 34.6 Å². The van der Waals surface area contributed by atoms with Gasteiger partial charge in [-0.05, 0) is 17.3 Å². The van der Waals surface area contributed by atoms with E-state index in [1.165, 1.54) is 10.4 Å². The summed E-state index contributed by atoms with van der Waals surface area (Å²) >= 11 is 4.80. The maximum absolute atomic E-state index is 12.7. The fourth-order valence-corrected chi connectivity index (χ4v) is 2.83. The molecule has 0 aromatic rings. The molecule has 5 nitrogen and oxygen atoms in total. The number of rotatable bonds is 4. The lowest BCUT2D eigenvalue weighted by molar-refractivity contribution is -0.151. The van der Waals surface area contributed by atoms with Crippen LogP contribution in [0.1, 0.15) is 34.6 Å². The quantitative estimate of drug-likeness (QED) is 0.770. The van der Waals surface area contributed by atoms with E-state index in [1.54, 1.807) is 0 Å². The summed E-state index contributed by atoms with van der Waals surface area (Å²) in [6.07, 6.45) is 0. The highest BCUT2D eigenvalue weighted by Gasteiger charge is 2.46. The number of hydrogen-bond donors (Lipinski definition) is 2. The number of thiocarbonyl (C=S) groups is 1. The largest absolute Gasteiger partial charge is 0.480 e. The van der Waals surface area contributed by atoms with E-state index in [0.717, 1.165) is 0 Å². The molecular formula is C14H24N2O3S. The van der Waals surface area contributed by atoms with Crippen molar-refractivity contribution in [2.45, 2.75) is 46.7 Å². The van der Waals surface area contributed by atoms with Crippen LogP contribution >= 0.6 is 12.2 Å². The number of hydrogen-bond acceptors (Lipinski definition) is 3. The zero-order chi connectivity index (χ0) is 15.7. The van der Waals surface area contributed by atoms with E-state index >= 15 is 0 Å². The van der Waals surface area contributed by atoms with Crippen molar-refractivity contribution in [3.63, 3.8) is 0 Å². The van der Waals surface area contributed by atoms with Gasteiger partial charge in [0.1, 0.15) is 12.1 Å². The van der Waals surface area contributed by atoms with Gasteiger partial charge in [-0.2, -0.15) is 0 Å². The molecule has 20 heavy (non-hydrogen) atoms. The minimum Gasteiger partial charge on any atom is -0.480 e. The molecule has 1 rings (SSSR count). The molecule has 0 spiro atoms. The molecule has 114 valence electrons. The molecule has 1 aliphatic rings. The van der Waals surface area contributed by atoms with Crippen LogP contribution in [0.15, 0.2) is 0 Å². The molecule has 1 heterocycles. The lowest BCUT2D eigenvalue weighted by atomic mass is 9.85. The van der Waals surface area contributed by atoms with Crippen molar-refractivity contribution < 1.29 is 14.7 Å². The van der Waals surface area contributed by atoms with Gasteiger partial charge < -0.3 is 15.3 Å². The third-order valence-corrected chi connectivity index (χ3v) is 4.24. The number of aliphatic carboxylic acids is 1. The summed E-state index contributed by atoms with van der Waals surface area (Å²) in [5.74, 6) is -1.01. The molecule has 1 saturated heterocycles. The average Bonchev–Trinajstić information content (AvgIpc) is 2.60. The molecular weight excluding hydrogens is 276 g/mol. The number of carboxylic acid groups (broad SMARTS) is 1. The zero-order valence-electron chi connectivity index (χ0n) is 12.7. The Kier molecular flexibility index (Phi) is 5.13. The molecule has 1 aliphatic heterocycles. The lowest BCUT2D eigenvalue weighted by Gasteiger charge is -2.34. The molecule has 6 heteroatoms. The van der Waals surface area contributed by atoms with Crippen LogP contribution in [0.5, 0.6) is 0 Å². The predicted molar refractivity (Wildman–Crippen MR) is 81.5 cm³/mol. The first-order valence-corrected chi connectivity index (χ1v) is 7.31. The molecule has 0 aromatic carbocycles. The van der Waals surface area contributed by atoms with Gasteiger partial charge in [0.2, 0.25) is 5.91 Å². The van der Waals surface area contributed by atoms with Crippen molar-refractivity contribution in [2.75, 3.05) is 6.54 Å². The van der Waals surface area contributed by atoms with Crippen molar-refractivity contribution in [3.05, 3.63) is 0 Å². The number of carbonyl (C=O) groups excluding carboxylic acids is 1. The second-order valence-electron chi connectivity index (χ2n) is 6.69. The first-order chi connectivity index (χ1) is 9.11. The van der Waals surface area contributed by atoms with Crippen LogP contribution in [0.4, 0.5) is 0 Å². The molecule has 4 atom stereocenters. The average molecular weight is 300 g/mol. The standard InChI is InChI=1S/C14H24N2O3S/c1-8-6-16(10(9(8)2)13(18)19)12(17)11(15-7-20)14(3,4)5/h7-11H,6H2,1-5H3,(H,15,20)(H,18,19)/t8-,9-,10-,11+/m0/s1. The van der Waals surface area contributed by atoms with E-state index in [0.29, 0.717) is 6.54 Å². The van der Waals surface area contributed by atoms with Gasteiger partial charge in [-0.25, -0.2) is 4.79 Å². The third kappa shape index (κ3) is 3.29. The Morgan fingerprint density at radius 3 is 2.35 bits per heavy atom. The van der Waals surface area contributed by atoms with Crippen molar-refractivity contribution in [1.82, 2.24) is 10.2 Å². The van der Waals surface area contributed by atoms with E-state index in [9.17, 15) is 14.7 Å². The third-order valence-electron chi connectivity index (χ3n) is 4.10. The molecule has 0 radical (unpaired) electrons. The summed E-state index contributed by atoms with van der Waals surface area (Å²) in [5.41, 5.74) is 0.983. The molecule has 0 saturated carbocycles. The fraction of sp³-hybridized carbons (Fsp3) is 0.786. The number of nitrogens with zero attached hydrogens (tertiary/aromatic N) is 1. The highest BCUT2D eigenvalue weighted by molar-refractivity contribution is 7.78. The minimum atomic E-state index is -0.940. The van der Waals surface area contributed by atoms with E-state index in [2.05, 4.69) is 5.32 Å². The van der Waals surface area contributed by atoms with Gasteiger partial charge in [0.15, 0.2) is 0 Å². The van der Waals surface area contributed by atoms with Crippen LogP contribution in [-0.2, 0) is 9.59 Å². The summed E-state index contributed by atoms with van der Waals surface area (Å²) in [4.78, 5) is 25.7. The monoisotopic (exact) mass is 300 g/mol. The van der Waals surface area contributed by atoms with Gasteiger partial charge in [-0.1, -0.05) is 46.8 Å². The SMILES string of the molecule is C[C@@H]1[C@@H](C(=O)O)N(C(=O)[C@@H](NC=S)C(C)(C)C)C[C@@H]1C. The molecule has 1 amide bonds. The number of likely N-dealkylation sites (tertiary alicyclic amines) is 1. The summed E-state index contributed by atoms with van der Waals surface area (Å²) in [6, 6.07) is -1.27. The van der Waals surface area contributed by atoms with Gasteiger partial charge >= 0.3 is 5.97 Å². The van der Waals surface area contributed by atoms with Crippen molar-refractivity contribution in [3.8, 4) is 0 Å². The molecule has 0 aliphatic carbocycles. The summed E-state index contributed by atoms with van der Waals surface area (Å²) in [7, 11) is 0. The number of carboxylic acids is 1. The van der Waals surface area contributed by atoms with E-state index in [4.69, 9.17) is 12.2 Å². The second-order valence-corrected chi connectivity index (χ2v) is 6.93. The molecule has 2 N–H and O–H groups in total. The van der Waals surface area contributed by atoms with Crippen molar-refractivity contribution in [1.29, 1.82) is 0 Å². The normalized spacial score (nSPS) is 28.1. The van der Waals surface area contributed by atoms with Gasteiger partial charge in [0.05, 0.1) is 5.49 Å². The van der Waals surface area contributed by atoms with Gasteiger partial charge in [0.25, 0.3) is 0 Å². The van der Waals surface area contributed by atoms with Crippen LogP contribution in [0.2, 0.25) is 0 Å². The van der Waals surface area contributed by atoms with E-state index in [-0.39, 0.29) is 23.2 Å². The number of nitrogens with one attached hydrogen (secondary N) is 1. The Hall–Kier alpha value is -1.17. The first-order valence-electron chi connectivity index (χ1n) is 6.84. The smallest absolute Gasteiger partial charge is 0.326 e. The maximum atomic E-state index is 12.7. The van der Waals surface area contributed by atoms with Crippen LogP contribution in [0.25, 0.3) is 0 Å². The topological polar surface area (TPSA) is 69.6 Å². The van der Waals surface area contributed by atoms with Gasteiger partial charge in [-0.3, -0.25) is 4.79 Å². The molecule has 1 fully saturated rings. The van der Waals surface area contributed by atoms with Crippen molar-refractivity contribution >= 4 is 29.6 Å². The first kappa shape index (κ1) is 16.9. The summed E-state index contributed by atoms with van der Waals surface area (Å²) < 4.78 is 0. The Balaban J connectivity index is 3.04. The van der Waals surface area contributed by atoms with Crippen LogP contribution in [-0.4, -0.2) is 46.0 Å². The molecule has 0 aromatic heterocycles. The second kappa shape index (κ2) is 6.08. The molecule has 0 unspecified atom stereocenters.